The SMILES string of the molecule is O=C1c2ccccc2N[C@@H](c2ccccc2Br)N1CCC[NH+]1CCOCC1. The summed E-state index contributed by atoms with van der Waals surface area (Å²) in [5.74, 6) is 0.0991. The van der Waals surface area contributed by atoms with Crippen LogP contribution < -0.4 is 10.2 Å². The fourth-order valence-electron chi connectivity index (χ4n) is 3.88. The van der Waals surface area contributed by atoms with E-state index in [1.165, 1.54) is 0 Å². The molecule has 142 valence electrons. The van der Waals surface area contributed by atoms with Crippen molar-refractivity contribution in [3.05, 3.63) is 64.1 Å². The molecule has 0 spiro atoms. The van der Waals surface area contributed by atoms with Crippen LogP contribution in [0.25, 0.3) is 0 Å². The van der Waals surface area contributed by atoms with Gasteiger partial charge in [-0.05, 0) is 18.2 Å². The predicted molar refractivity (Wildman–Crippen MR) is 109 cm³/mol. The molecule has 0 unspecified atom stereocenters. The van der Waals surface area contributed by atoms with Crippen molar-refractivity contribution >= 4 is 27.5 Å². The Morgan fingerprint density at radius 3 is 2.67 bits per heavy atom. The van der Waals surface area contributed by atoms with Crippen molar-refractivity contribution in [3.8, 4) is 0 Å². The Bertz CT molecular complexity index is 808. The van der Waals surface area contributed by atoms with Gasteiger partial charge in [0.15, 0.2) is 0 Å². The smallest absolute Gasteiger partial charge is 0.257 e. The van der Waals surface area contributed by atoms with Crippen LogP contribution in [0.4, 0.5) is 5.69 Å². The summed E-state index contributed by atoms with van der Waals surface area (Å²) >= 11 is 3.65. The van der Waals surface area contributed by atoms with E-state index in [0.717, 1.165) is 67.1 Å². The molecule has 5 nitrogen and oxygen atoms in total. The van der Waals surface area contributed by atoms with E-state index in [9.17, 15) is 4.79 Å². The first-order valence-corrected chi connectivity index (χ1v) is 10.4. The minimum absolute atomic E-state index is 0.0991. The number of amides is 1. The van der Waals surface area contributed by atoms with Crippen LogP contribution in [0.1, 0.15) is 28.5 Å². The lowest BCUT2D eigenvalue weighted by Crippen LogP contribution is -3.14. The summed E-state index contributed by atoms with van der Waals surface area (Å²) in [5.41, 5.74) is 2.73. The normalized spacial score (nSPS) is 20.3. The zero-order chi connectivity index (χ0) is 18.6. The van der Waals surface area contributed by atoms with Crippen molar-refractivity contribution in [2.45, 2.75) is 12.6 Å². The maximum absolute atomic E-state index is 13.2. The number of hydrogen-bond acceptors (Lipinski definition) is 3. The lowest BCUT2D eigenvalue weighted by molar-refractivity contribution is -0.908. The Labute approximate surface area is 168 Å². The summed E-state index contributed by atoms with van der Waals surface area (Å²) in [6.07, 6.45) is 0.814. The number of nitrogens with one attached hydrogen (secondary N) is 2. The molecule has 1 saturated heterocycles. The number of ether oxygens (including phenoxy) is 1. The first kappa shape index (κ1) is 18.5. The highest BCUT2D eigenvalue weighted by Gasteiger charge is 2.33. The number of carbonyl (C=O) groups is 1. The molecule has 1 atom stereocenters. The van der Waals surface area contributed by atoms with E-state index in [1.807, 2.05) is 47.4 Å². The zero-order valence-corrected chi connectivity index (χ0v) is 16.9. The molecule has 0 aromatic heterocycles. The second kappa shape index (κ2) is 8.42. The Morgan fingerprint density at radius 2 is 1.85 bits per heavy atom. The van der Waals surface area contributed by atoms with Gasteiger partial charge in [-0.1, -0.05) is 46.3 Å². The zero-order valence-electron chi connectivity index (χ0n) is 15.3. The number of halogens is 1. The summed E-state index contributed by atoms with van der Waals surface area (Å²) in [6.45, 7) is 5.60. The number of fused-ring (bicyclic) bond motifs is 1. The average molecular weight is 431 g/mol. The van der Waals surface area contributed by atoms with Crippen LogP contribution in [0.3, 0.4) is 0 Å². The number of anilines is 1. The molecule has 2 aromatic rings. The van der Waals surface area contributed by atoms with Crippen molar-refractivity contribution < 1.29 is 14.4 Å². The van der Waals surface area contributed by atoms with Crippen molar-refractivity contribution in [2.75, 3.05) is 44.7 Å². The van der Waals surface area contributed by atoms with Crippen LogP contribution >= 0.6 is 15.9 Å². The van der Waals surface area contributed by atoms with Gasteiger partial charge < -0.3 is 19.9 Å². The largest absolute Gasteiger partial charge is 0.370 e. The van der Waals surface area contributed by atoms with E-state index in [0.29, 0.717) is 0 Å². The van der Waals surface area contributed by atoms with Crippen LogP contribution in [0.2, 0.25) is 0 Å². The number of para-hydroxylation sites is 1. The molecule has 0 bridgehead atoms. The maximum Gasteiger partial charge on any atom is 0.257 e. The minimum atomic E-state index is -0.164. The van der Waals surface area contributed by atoms with Gasteiger partial charge in [-0.3, -0.25) is 4.79 Å². The summed E-state index contributed by atoms with van der Waals surface area (Å²) < 4.78 is 6.45. The van der Waals surface area contributed by atoms with Gasteiger partial charge in [-0.2, -0.15) is 0 Å². The average Bonchev–Trinajstić information content (AvgIpc) is 2.71. The molecule has 0 radical (unpaired) electrons. The van der Waals surface area contributed by atoms with E-state index in [4.69, 9.17) is 4.74 Å². The van der Waals surface area contributed by atoms with Crippen LogP contribution in [-0.4, -0.2) is 50.2 Å². The number of hydrogen-bond donors (Lipinski definition) is 2. The number of quaternary nitrogens is 1. The van der Waals surface area contributed by atoms with Crippen molar-refractivity contribution in [1.29, 1.82) is 0 Å². The molecule has 2 aliphatic heterocycles. The highest BCUT2D eigenvalue weighted by Crippen LogP contribution is 2.35. The van der Waals surface area contributed by atoms with Gasteiger partial charge in [-0.25, -0.2) is 0 Å². The van der Waals surface area contributed by atoms with Crippen molar-refractivity contribution in [2.24, 2.45) is 0 Å². The van der Waals surface area contributed by atoms with Crippen LogP contribution in [0, 0.1) is 0 Å². The van der Waals surface area contributed by atoms with Crippen molar-refractivity contribution in [1.82, 2.24) is 4.90 Å². The van der Waals surface area contributed by atoms with Gasteiger partial charge >= 0.3 is 0 Å². The van der Waals surface area contributed by atoms with Gasteiger partial charge in [0.05, 0.1) is 25.3 Å². The Balaban J connectivity index is 1.55. The van der Waals surface area contributed by atoms with Gasteiger partial charge in [0.1, 0.15) is 19.3 Å². The number of morpholine rings is 1. The second-order valence-electron chi connectivity index (χ2n) is 7.08. The maximum atomic E-state index is 13.2. The monoisotopic (exact) mass is 430 g/mol. The first-order valence-electron chi connectivity index (χ1n) is 9.56. The molecular formula is C21H25BrN3O2+. The molecule has 2 heterocycles. The molecule has 4 rings (SSSR count). The van der Waals surface area contributed by atoms with E-state index in [-0.39, 0.29) is 12.1 Å². The van der Waals surface area contributed by atoms with E-state index >= 15 is 0 Å². The number of benzene rings is 2. The Morgan fingerprint density at radius 1 is 1.11 bits per heavy atom. The quantitative estimate of drug-likeness (QED) is 0.764. The highest BCUT2D eigenvalue weighted by atomic mass is 79.9. The number of carbonyl (C=O) groups excluding carboxylic acids is 1. The van der Waals surface area contributed by atoms with Gasteiger partial charge in [0.2, 0.25) is 0 Å². The standard InChI is InChI=1S/C21H24BrN3O2/c22-18-8-3-1-6-16(18)20-23-19-9-4-2-7-17(19)21(26)25(20)11-5-10-24-12-14-27-15-13-24/h1-4,6-9,20,23H,5,10-15H2/p+1/t20-/m1/s1. The first-order chi connectivity index (χ1) is 13.2. The predicted octanol–water partition coefficient (Wildman–Crippen LogP) is 2.32. The van der Waals surface area contributed by atoms with Crippen molar-refractivity contribution in [3.63, 3.8) is 0 Å². The molecule has 1 amide bonds. The molecule has 27 heavy (non-hydrogen) atoms. The third kappa shape index (κ3) is 4.03. The lowest BCUT2D eigenvalue weighted by atomic mass is 10.0. The second-order valence-corrected chi connectivity index (χ2v) is 7.93. The molecule has 1 fully saturated rings. The molecule has 2 aliphatic rings. The third-order valence-corrected chi connectivity index (χ3v) is 6.07. The van der Waals surface area contributed by atoms with Gasteiger partial charge in [0, 0.05) is 28.7 Å². The topological polar surface area (TPSA) is 46.0 Å². The summed E-state index contributed by atoms with van der Waals surface area (Å²) in [4.78, 5) is 16.8. The Hall–Kier alpha value is -1.89. The lowest BCUT2D eigenvalue weighted by Gasteiger charge is -2.38. The fraction of sp³-hybridized carbons (Fsp3) is 0.381. The summed E-state index contributed by atoms with van der Waals surface area (Å²) in [6, 6.07) is 15.9. The number of rotatable bonds is 5. The Kier molecular flexibility index (Phi) is 5.76. The minimum Gasteiger partial charge on any atom is -0.370 e. The third-order valence-electron chi connectivity index (χ3n) is 5.35. The van der Waals surface area contributed by atoms with Gasteiger partial charge in [-0.15, -0.1) is 0 Å². The molecule has 0 aliphatic carbocycles. The molecule has 2 N–H and O–H groups in total. The molecule has 0 saturated carbocycles. The van der Waals surface area contributed by atoms with Gasteiger partial charge in [0.25, 0.3) is 5.91 Å². The summed E-state index contributed by atoms with van der Waals surface area (Å²) in [7, 11) is 0. The molecular weight excluding hydrogens is 406 g/mol. The van der Waals surface area contributed by atoms with E-state index in [2.05, 4.69) is 27.3 Å². The molecule has 6 heteroatoms. The highest BCUT2D eigenvalue weighted by molar-refractivity contribution is 9.10. The number of nitrogens with zero attached hydrogens (tertiary/aromatic N) is 1. The van der Waals surface area contributed by atoms with Crippen LogP contribution in [0.5, 0.6) is 0 Å². The fourth-order valence-corrected chi connectivity index (χ4v) is 4.38. The summed E-state index contributed by atoms with van der Waals surface area (Å²) in [5, 5.41) is 3.57. The molecule has 2 aromatic carbocycles. The van der Waals surface area contributed by atoms with Crippen LogP contribution in [-0.2, 0) is 4.74 Å². The van der Waals surface area contributed by atoms with E-state index in [1.54, 1.807) is 4.90 Å². The van der Waals surface area contributed by atoms with E-state index < -0.39 is 0 Å². The van der Waals surface area contributed by atoms with Crippen LogP contribution in [0.15, 0.2) is 53.0 Å².